The van der Waals surface area contributed by atoms with Crippen molar-refractivity contribution in [3.05, 3.63) is 62.9 Å². The van der Waals surface area contributed by atoms with Crippen molar-refractivity contribution in [3.63, 3.8) is 0 Å². The fraction of sp³-hybridized carbons (Fsp3) is 0.235. The number of Topliss-reactive ketones (excluding diaryl/α,β-unsaturated/α-hetero) is 1. The maximum absolute atomic E-state index is 13.2. The zero-order valence-electron chi connectivity index (χ0n) is 12.2. The van der Waals surface area contributed by atoms with E-state index in [0.717, 1.165) is 16.7 Å². The van der Waals surface area contributed by atoms with Crippen molar-refractivity contribution in [3.8, 4) is 5.75 Å². The van der Waals surface area contributed by atoms with Crippen LogP contribution in [0.2, 0.25) is 0 Å². The minimum absolute atomic E-state index is 0.112. The highest BCUT2D eigenvalue weighted by Crippen LogP contribution is 2.21. The Morgan fingerprint density at radius 2 is 1.71 bits per heavy atom. The Kier molecular flexibility index (Phi) is 4.78. The molecule has 4 heteroatoms. The molecule has 0 aliphatic rings. The van der Waals surface area contributed by atoms with E-state index in [2.05, 4.69) is 15.9 Å². The van der Waals surface area contributed by atoms with Crippen LogP contribution >= 0.6 is 15.9 Å². The van der Waals surface area contributed by atoms with Gasteiger partial charge < -0.3 is 4.74 Å². The summed E-state index contributed by atoms with van der Waals surface area (Å²) in [6.45, 7) is 5.77. The van der Waals surface area contributed by atoms with E-state index in [-0.39, 0.29) is 12.4 Å². The molecule has 0 bridgehead atoms. The van der Waals surface area contributed by atoms with Crippen LogP contribution < -0.4 is 4.74 Å². The quantitative estimate of drug-likeness (QED) is 0.742. The molecule has 0 atom stereocenters. The Morgan fingerprint density at radius 1 is 1.05 bits per heavy atom. The van der Waals surface area contributed by atoms with Crippen LogP contribution in [0, 0.1) is 26.6 Å². The average molecular weight is 351 g/mol. The van der Waals surface area contributed by atoms with Gasteiger partial charge in [0, 0.05) is 16.1 Å². The molecule has 2 aromatic carbocycles. The molecule has 21 heavy (non-hydrogen) atoms. The van der Waals surface area contributed by atoms with E-state index < -0.39 is 5.82 Å². The topological polar surface area (TPSA) is 26.3 Å². The second kappa shape index (κ2) is 6.39. The molecule has 0 saturated carbocycles. The fourth-order valence-electron chi connectivity index (χ4n) is 2.10. The van der Waals surface area contributed by atoms with Crippen LogP contribution in [0.1, 0.15) is 27.0 Å². The molecular weight excluding hydrogens is 335 g/mol. The lowest BCUT2D eigenvalue weighted by Crippen LogP contribution is -2.13. The molecule has 0 N–H and O–H groups in total. The zero-order valence-corrected chi connectivity index (χ0v) is 13.8. The Bertz CT molecular complexity index is 675. The van der Waals surface area contributed by atoms with Crippen LogP contribution in [0.5, 0.6) is 5.75 Å². The smallest absolute Gasteiger partial charge is 0.200 e. The van der Waals surface area contributed by atoms with Crippen LogP contribution in [0.15, 0.2) is 34.8 Å². The van der Waals surface area contributed by atoms with Crippen LogP contribution in [0.3, 0.4) is 0 Å². The lowest BCUT2D eigenvalue weighted by molar-refractivity contribution is 0.0920. The van der Waals surface area contributed by atoms with Gasteiger partial charge in [0.05, 0.1) is 0 Å². The first-order valence-corrected chi connectivity index (χ1v) is 7.36. The van der Waals surface area contributed by atoms with Gasteiger partial charge in [0.25, 0.3) is 0 Å². The number of ketones is 1. The molecular formula is C17H16BrFO2. The van der Waals surface area contributed by atoms with Crippen molar-refractivity contribution in [1.29, 1.82) is 0 Å². The summed E-state index contributed by atoms with van der Waals surface area (Å²) in [6.07, 6.45) is 0. The predicted molar refractivity (Wildman–Crippen MR) is 84.6 cm³/mol. The molecule has 0 fully saturated rings. The molecule has 0 aromatic heterocycles. The highest BCUT2D eigenvalue weighted by molar-refractivity contribution is 9.10. The molecule has 2 rings (SSSR count). The maximum atomic E-state index is 13.2. The van der Waals surface area contributed by atoms with Crippen LogP contribution in [-0.2, 0) is 0 Å². The molecule has 0 amide bonds. The molecule has 110 valence electrons. The van der Waals surface area contributed by atoms with Gasteiger partial charge in [0.1, 0.15) is 11.6 Å². The van der Waals surface area contributed by atoms with E-state index in [1.165, 1.54) is 12.1 Å². The molecule has 2 nitrogen and oxygen atoms in total. The standard InChI is InChI=1S/C17H16BrFO2/c1-10-4-12(3)16(5-11(10)2)17(20)9-21-15-7-13(18)6-14(19)8-15/h4-8H,9H2,1-3H3. The van der Waals surface area contributed by atoms with Gasteiger partial charge in [-0.05, 0) is 55.7 Å². The van der Waals surface area contributed by atoms with E-state index in [0.29, 0.717) is 15.8 Å². The Labute approximate surface area is 132 Å². The number of carbonyl (C=O) groups is 1. The first-order valence-electron chi connectivity index (χ1n) is 6.57. The van der Waals surface area contributed by atoms with Crippen molar-refractivity contribution in [1.82, 2.24) is 0 Å². The summed E-state index contributed by atoms with van der Waals surface area (Å²) in [4.78, 5) is 12.2. The number of carbonyl (C=O) groups excluding carboxylic acids is 1. The van der Waals surface area contributed by atoms with Gasteiger partial charge in [-0.3, -0.25) is 4.79 Å². The largest absolute Gasteiger partial charge is 0.485 e. The number of halogens is 2. The molecule has 2 aromatic rings. The van der Waals surface area contributed by atoms with Gasteiger partial charge >= 0.3 is 0 Å². The summed E-state index contributed by atoms with van der Waals surface area (Å²) in [6, 6.07) is 8.08. The second-order valence-corrected chi connectivity index (χ2v) is 5.98. The number of hydrogen-bond acceptors (Lipinski definition) is 2. The average Bonchev–Trinajstić information content (AvgIpc) is 2.39. The van der Waals surface area contributed by atoms with Crippen molar-refractivity contribution in [2.24, 2.45) is 0 Å². The molecule has 0 saturated heterocycles. The summed E-state index contributed by atoms with van der Waals surface area (Å²) in [7, 11) is 0. The number of benzene rings is 2. The van der Waals surface area contributed by atoms with E-state index in [1.54, 1.807) is 6.07 Å². The van der Waals surface area contributed by atoms with Crippen molar-refractivity contribution < 1.29 is 13.9 Å². The van der Waals surface area contributed by atoms with Gasteiger partial charge in [-0.2, -0.15) is 0 Å². The zero-order chi connectivity index (χ0) is 15.6. The normalized spacial score (nSPS) is 10.5. The predicted octanol–water partition coefficient (Wildman–Crippen LogP) is 4.78. The maximum Gasteiger partial charge on any atom is 0.200 e. The van der Waals surface area contributed by atoms with E-state index >= 15 is 0 Å². The lowest BCUT2D eigenvalue weighted by Gasteiger charge is -2.10. The number of hydrogen-bond donors (Lipinski definition) is 0. The highest BCUT2D eigenvalue weighted by Gasteiger charge is 2.12. The molecule has 0 unspecified atom stereocenters. The third-order valence-corrected chi connectivity index (χ3v) is 3.80. The summed E-state index contributed by atoms with van der Waals surface area (Å²) in [5.41, 5.74) is 3.79. The molecule has 0 spiro atoms. The Hall–Kier alpha value is -1.68. The molecule has 0 aliphatic carbocycles. The molecule has 0 radical (unpaired) electrons. The lowest BCUT2D eigenvalue weighted by atomic mass is 9.98. The minimum Gasteiger partial charge on any atom is -0.485 e. The van der Waals surface area contributed by atoms with Gasteiger partial charge in [-0.1, -0.05) is 22.0 Å². The van der Waals surface area contributed by atoms with E-state index in [9.17, 15) is 9.18 Å². The number of rotatable bonds is 4. The molecule has 0 heterocycles. The molecule has 0 aliphatic heterocycles. The Balaban J connectivity index is 2.13. The first-order chi connectivity index (χ1) is 9.86. The second-order valence-electron chi connectivity index (χ2n) is 5.07. The number of aryl methyl sites for hydroxylation is 3. The summed E-state index contributed by atoms with van der Waals surface area (Å²) in [5.74, 6) is -0.193. The van der Waals surface area contributed by atoms with Crippen molar-refractivity contribution in [2.45, 2.75) is 20.8 Å². The van der Waals surface area contributed by atoms with Crippen LogP contribution in [0.25, 0.3) is 0 Å². The van der Waals surface area contributed by atoms with Crippen molar-refractivity contribution >= 4 is 21.7 Å². The SMILES string of the molecule is Cc1cc(C)c(C(=O)COc2cc(F)cc(Br)c2)cc1C. The summed E-state index contributed by atoms with van der Waals surface area (Å²) in [5, 5.41) is 0. The van der Waals surface area contributed by atoms with Crippen LogP contribution in [-0.4, -0.2) is 12.4 Å². The number of ether oxygens (including phenoxy) is 1. The highest BCUT2D eigenvalue weighted by atomic mass is 79.9. The van der Waals surface area contributed by atoms with E-state index in [4.69, 9.17) is 4.74 Å². The first kappa shape index (κ1) is 15.7. The monoisotopic (exact) mass is 350 g/mol. The summed E-state index contributed by atoms with van der Waals surface area (Å²) >= 11 is 3.19. The Morgan fingerprint density at radius 3 is 2.38 bits per heavy atom. The van der Waals surface area contributed by atoms with Gasteiger partial charge in [0.2, 0.25) is 0 Å². The van der Waals surface area contributed by atoms with Gasteiger partial charge in [-0.25, -0.2) is 4.39 Å². The van der Waals surface area contributed by atoms with E-state index in [1.807, 2.05) is 32.9 Å². The summed E-state index contributed by atoms with van der Waals surface area (Å²) < 4.78 is 19.2. The fourth-order valence-corrected chi connectivity index (χ4v) is 2.54. The van der Waals surface area contributed by atoms with Gasteiger partial charge in [0.15, 0.2) is 12.4 Å². The van der Waals surface area contributed by atoms with Crippen molar-refractivity contribution in [2.75, 3.05) is 6.61 Å². The third-order valence-electron chi connectivity index (χ3n) is 3.35. The van der Waals surface area contributed by atoms with Crippen LogP contribution in [0.4, 0.5) is 4.39 Å². The third kappa shape index (κ3) is 3.91. The van der Waals surface area contributed by atoms with Gasteiger partial charge in [-0.15, -0.1) is 0 Å². The minimum atomic E-state index is -0.408.